The molecule has 1 aromatic rings. The summed E-state index contributed by atoms with van der Waals surface area (Å²) >= 11 is 0. The van der Waals surface area contributed by atoms with Gasteiger partial charge in [0.05, 0.1) is 12.6 Å². The van der Waals surface area contributed by atoms with Gasteiger partial charge in [-0.1, -0.05) is 37.1 Å². The molecular weight excluding hydrogens is 529 g/mol. The number of aliphatic imine (C=N–C) groups is 1. The topological polar surface area (TPSA) is 80.2 Å². The minimum atomic E-state index is -0.500. The average Bonchev–Trinajstić information content (AvgIpc) is 3.50. The molecule has 1 aromatic carbocycles. The summed E-state index contributed by atoms with van der Waals surface area (Å²) in [5.74, 6) is 1.32. The Hall–Kier alpha value is -1.39. The number of rotatable bonds is 7. The quantitative estimate of drug-likeness (QED) is 0.267. The maximum absolute atomic E-state index is 12.7. The maximum atomic E-state index is 12.7. The minimum Gasteiger partial charge on any atom is -0.390 e. The molecule has 33 heavy (non-hydrogen) atoms. The van der Waals surface area contributed by atoms with Crippen molar-refractivity contribution in [3.8, 4) is 0 Å². The van der Waals surface area contributed by atoms with Crippen LogP contribution in [-0.4, -0.2) is 78.2 Å². The highest BCUT2D eigenvalue weighted by Crippen LogP contribution is 2.27. The first kappa shape index (κ1) is 26.2. The van der Waals surface area contributed by atoms with Crippen molar-refractivity contribution in [2.75, 3.05) is 39.3 Å². The lowest BCUT2D eigenvalue weighted by Gasteiger charge is -2.30. The summed E-state index contributed by atoms with van der Waals surface area (Å²) in [6.45, 7) is 7.24. The van der Waals surface area contributed by atoms with Crippen LogP contribution < -0.4 is 10.6 Å². The van der Waals surface area contributed by atoms with Gasteiger partial charge in [0.1, 0.15) is 0 Å². The molecule has 1 aliphatic carbocycles. The largest absolute Gasteiger partial charge is 0.390 e. The zero-order valence-electron chi connectivity index (χ0n) is 19.8. The van der Waals surface area contributed by atoms with Gasteiger partial charge in [-0.25, -0.2) is 0 Å². The lowest BCUT2D eigenvalue weighted by Crippen LogP contribution is -2.46. The highest BCUT2D eigenvalue weighted by molar-refractivity contribution is 14.0. The van der Waals surface area contributed by atoms with Crippen molar-refractivity contribution in [3.63, 3.8) is 0 Å². The molecule has 0 bridgehead atoms. The fourth-order valence-electron chi connectivity index (χ4n) is 5.29. The van der Waals surface area contributed by atoms with Gasteiger partial charge in [-0.05, 0) is 43.7 Å². The van der Waals surface area contributed by atoms with E-state index in [9.17, 15) is 9.90 Å². The monoisotopic (exact) mass is 569 g/mol. The molecule has 0 aromatic heterocycles. The highest BCUT2D eigenvalue weighted by Gasteiger charge is 2.32. The normalized spacial score (nSPS) is 22.5. The molecule has 0 spiro atoms. The number of hydrogen-bond acceptors (Lipinski definition) is 4. The van der Waals surface area contributed by atoms with E-state index in [1.165, 1.54) is 24.0 Å². The van der Waals surface area contributed by atoms with E-state index < -0.39 is 6.10 Å². The number of aliphatic hydroxyl groups excluding tert-OH is 1. The minimum absolute atomic E-state index is 0. The van der Waals surface area contributed by atoms with Crippen LogP contribution in [0, 0.1) is 5.92 Å². The second kappa shape index (κ2) is 12.9. The van der Waals surface area contributed by atoms with Crippen LogP contribution >= 0.6 is 24.0 Å². The second-order valence-electron chi connectivity index (χ2n) is 9.52. The summed E-state index contributed by atoms with van der Waals surface area (Å²) in [6.07, 6.45) is 5.97. The van der Waals surface area contributed by atoms with Crippen molar-refractivity contribution in [3.05, 3.63) is 35.4 Å². The van der Waals surface area contributed by atoms with Crippen LogP contribution in [0.1, 0.15) is 50.2 Å². The molecule has 2 heterocycles. The third-order valence-corrected chi connectivity index (χ3v) is 7.03. The summed E-state index contributed by atoms with van der Waals surface area (Å²) in [5, 5.41) is 17.4. The van der Waals surface area contributed by atoms with E-state index in [2.05, 4.69) is 44.8 Å². The Morgan fingerprint density at radius 1 is 1.18 bits per heavy atom. The van der Waals surface area contributed by atoms with E-state index in [0.717, 1.165) is 64.4 Å². The fraction of sp³-hybridized carbons (Fsp3) is 0.680. The number of hydrogen-bond donors (Lipinski definition) is 3. The number of carbonyl (C=O) groups excluding carboxylic acids is 1. The Balaban J connectivity index is 0.00000306. The highest BCUT2D eigenvalue weighted by atomic mass is 127. The SMILES string of the molecule is CCNC(=NCC(O)CN1CCc2ccccc2C1)NC1CCN(C(=O)C2CCCC2)C1.I. The summed E-state index contributed by atoms with van der Waals surface area (Å²) in [4.78, 5) is 21.7. The summed E-state index contributed by atoms with van der Waals surface area (Å²) in [7, 11) is 0. The van der Waals surface area contributed by atoms with Crippen LogP contribution in [-0.2, 0) is 17.8 Å². The standard InChI is InChI=1S/C25H39N5O2.HI/c1-2-26-25(28-22-12-14-30(17-22)24(32)20-8-4-5-9-20)27-15-23(31)18-29-13-11-19-7-3-6-10-21(19)16-29;/h3,6-7,10,20,22-23,31H,2,4-5,8-9,11-18H2,1H3,(H2,26,27,28);1H. The molecule has 1 saturated carbocycles. The Bertz CT molecular complexity index is 799. The van der Waals surface area contributed by atoms with E-state index in [-0.39, 0.29) is 35.9 Å². The molecule has 1 saturated heterocycles. The van der Waals surface area contributed by atoms with E-state index in [4.69, 9.17) is 0 Å². The van der Waals surface area contributed by atoms with Crippen molar-refractivity contribution < 1.29 is 9.90 Å². The van der Waals surface area contributed by atoms with Gasteiger partial charge < -0.3 is 20.6 Å². The molecule has 7 nitrogen and oxygen atoms in total. The number of likely N-dealkylation sites (tertiary alicyclic amines) is 1. The number of aliphatic hydroxyl groups is 1. The zero-order chi connectivity index (χ0) is 22.3. The molecule has 1 amide bonds. The van der Waals surface area contributed by atoms with E-state index in [1.807, 2.05) is 11.8 Å². The van der Waals surface area contributed by atoms with Crippen LogP contribution in [0.4, 0.5) is 0 Å². The van der Waals surface area contributed by atoms with E-state index in [1.54, 1.807) is 0 Å². The number of fused-ring (bicyclic) bond motifs is 1. The van der Waals surface area contributed by atoms with Crippen molar-refractivity contribution in [1.82, 2.24) is 20.4 Å². The van der Waals surface area contributed by atoms with E-state index >= 15 is 0 Å². The van der Waals surface area contributed by atoms with Gasteiger partial charge >= 0.3 is 0 Å². The predicted molar refractivity (Wildman–Crippen MR) is 143 cm³/mol. The predicted octanol–water partition coefficient (Wildman–Crippen LogP) is 2.37. The number of halogens is 1. The van der Waals surface area contributed by atoms with Crippen LogP contribution in [0.25, 0.3) is 0 Å². The fourth-order valence-corrected chi connectivity index (χ4v) is 5.29. The van der Waals surface area contributed by atoms with Gasteiger partial charge in [0.15, 0.2) is 5.96 Å². The van der Waals surface area contributed by atoms with Gasteiger partial charge in [-0.2, -0.15) is 0 Å². The lowest BCUT2D eigenvalue weighted by molar-refractivity contribution is -0.134. The van der Waals surface area contributed by atoms with Crippen LogP contribution in [0.5, 0.6) is 0 Å². The molecular formula is C25H40IN5O2. The van der Waals surface area contributed by atoms with Crippen LogP contribution in [0.3, 0.4) is 0 Å². The molecule has 2 unspecified atom stereocenters. The summed E-state index contributed by atoms with van der Waals surface area (Å²) in [5.41, 5.74) is 2.79. The Morgan fingerprint density at radius 2 is 1.94 bits per heavy atom. The van der Waals surface area contributed by atoms with Gasteiger partial charge in [0.2, 0.25) is 5.91 Å². The van der Waals surface area contributed by atoms with Gasteiger partial charge in [-0.3, -0.25) is 14.7 Å². The van der Waals surface area contributed by atoms with Crippen LogP contribution in [0.15, 0.2) is 29.3 Å². The number of guanidine groups is 1. The lowest BCUT2D eigenvalue weighted by atomic mass is 10.00. The zero-order valence-corrected chi connectivity index (χ0v) is 22.2. The summed E-state index contributed by atoms with van der Waals surface area (Å²) < 4.78 is 0. The first-order chi connectivity index (χ1) is 15.6. The van der Waals surface area contributed by atoms with Crippen molar-refractivity contribution in [2.24, 2.45) is 10.9 Å². The Labute approximate surface area is 215 Å². The molecule has 8 heteroatoms. The van der Waals surface area contributed by atoms with Gasteiger partial charge in [-0.15, -0.1) is 24.0 Å². The van der Waals surface area contributed by atoms with Crippen molar-refractivity contribution >= 4 is 35.8 Å². The number of β-amino-alcohol motifs (C(OH)–C–C–N with tert-alkyl or cyclic N) is 1. The molecule has 184 valence electrons. The number of nitrogens with zero attached hydrogens (tertiary/aromatic N) is 3. The third kappa shape index (κ3) is 7.29. The number of benzene rings is 1. The molecule has 3 aliphatic rings. The number of carbonyl (C=O) groups is 1. The first-order valence-electron chi connectivity index (χ1n) is 12.4. The molecule has 2 aliphatic heterocycles. The number of nitrogens with one attached hydrogen (secondary N) is 2. The average molecular weight is 570 g/mol. The molecule has 0 radical (unpaired) electrons. The molecule has 4 rings (SSSR count). The van der Waals surface area contributed by atoms with Crippen LogP contribution in [0.2, 0.25) is 0 Å². The number of amides is 1. The van der Waals surface area contributed by atoms with Crippen molar-refractivity contribution in [2.45, 2.75) is 64.1 Å². The molecule has 3 N–H and O–H groups in total. The maximum Gasteiger partial charge on any atom is 0.225 e. The smallest absolute Gasteiger partial charge is 0.225 e. The second-order valence-corrected chi connectivity index (χ2v) is 9.52. The van der Waals surface area contributed by atoms with E-state index in [0.29, 0.717) is 19.0 Å². The Kier molecular flexibility index (Phi) is 10.2. The summed E-state index contributed by atoms with van der Waals surface area (Å²) in [6, 6.07) is 8.79. The third-order valence-electron chi connectivity index (χ3n) is 7.03. The van der Waals surface area contributed by atoms with Crippen molar-refractivity contribution in [1.29, 1.82) is 0 Å². The first-order valence-corrected chi connectivity index (χ1v) is 12.4. The van der Waals surface area contributed by atoms with Gasteiger partial charge in [0.25, 0.3) is 0 Å². The Morgan fingerprint density at radius 3 is 2.70 bits per heavy atom. The molecule has 2 fully saturated rings. The molecule has 2 atom stereocenters. The van der Waals surface area contributed by atoms with Gasteiger partial charge in [0, 0.05) is 51.2 Å².